The second-order valence-corrected chi connectivity index (χ2v) is 3.75. The van der Waals surface area contributed by atoms with Crippen molar-refractivity contribution in [2.24, 2.45) is 0 Å². The molecule has 0 spiro atoms. The van der Waals surface area contributed by atoms with Crippen molar-refractivity contribution >= 4 is 5.82 Å². The molecule has 1 saturated heterocycles. The second-order valence-electron chi connectivity index (χ2n) is 3.75. The van der Waals surface area contributed by atoms with Gasteiger partial charge in [-0.1, -0.05) is 0 Å². The number of aromatic nitrogens is 1. The van der Waals surface area contributed by atoms with Crippen LogP contribution in [0.2, 0.25) is 0 Å². The number of methoxy groups -OCH3 is 1. The molecule has 0 aliphatic carbocycles. The Morgan fingerprint density at radius 1 is 1.60 bits per heavy atom. The van der Waals surface area contributed by atoms with Gasteiger partial charge in [-0.25, -0.2) is 4.98 Å². The van der Waals surface area contributed by atoms with E-state index in [-0.39, 0.29) is 0 Å². The van der Waals surface area contributed by atoms with Crippen molar-refractivity contribution < 1.29 is 4.74 Å². The average Bonchev–Trinajstić information content (AvgIpc) is 2.77. The highest BCUT2D eigenvalue weighted by atomic mass is 16.5. The Hall–Kier alpha value is -1.29. The summed E-state index contributed by atoms with van der Waals surface area (Å²) in [6, 6.07) is 4.42. The molecule has 0 bridgehead atoms. The number of hydrogen-bond acceptors (Lipinski definition) is 4. The molecule has 15 heavy (non-hydrogen) atoms. The lowest BCUT2D eigenvalue weighted by Gasteiger charge is -2.19. The van der Waals surface area contributed by atoms with Gasteiger partial charge in [-0.15, -0.1) is 0 Å². The Labute approximate surface area is 90.3 Å². The third kappa shape index (κ3) is 2.04. The fourth-order valence-electron chi connectivity index (χ4n) is 1.97. The fraction of sp³-hybridized carbons (Fsp3) is 0.545. The summed E-state index contributed by atoms with van der Waals surface area (Å²) in [5, 5.41) is 3.29. The number of nitrogens with one attached hydrogen (secondary N) is 1. The Balaban J connectivity index is 2.16. The van der Waals surface area contributed by atoms with Crippen molar-refractivity contribution in [3.63, 3.8) is 0 Å². The van der Waals surface area contributed by atoms with Gasteiger partial charge in [-0.05, 0) is 25.6 Å². The predicted molar refractivity (Wildman–Crippen MR) is 60.5 cm³/mol. The zero-order chi connectivity index (χ0) is 10.7. The van der Waals surface area contributed by atoms with E-state index in [4.69, 9.17) is 4.74 Å². The van der Waals surface area contributed by atoms with Crippen LogP contribution in [0.4, 0.5) is 5.82 Å². The maximum absolute atomic E-state index is 5.30. The monoisotopic (exact) mass is 207 g/mol. The Morgan fingerprint density at radius 3 is 3.13 bits per heavy atom. The van der Waals surface area contributed by atoms with Gasteiger partial charge in [-0.3, -0.25) is 0 Å². The van der Waals surface area contributed by atoms with E-state index >= 15 is 0 Å². The molecule has 1 aromatic heterocycles. The van der Waals surface area contributed by atoms with Gasteiger partial charge in [-0.2, -0.15) is 0 Å². The minimum absolute atomic E-state index is 0.566. The Bertz CT molecular complexity index is 329. The van der Waals surface area contributed by atoms with Crippen LogP contribution in [0.1, 0.15) is 6.42 Å². The standard InChI is InChI=1S/C11H17N3O/c1-12-9-5-7-14(8-9)11-10(15-2)4-3-6-13-11/h3-4,6,9,12H,5,7-8H2,1-2H3. The molecule has 0 aromatic carbocycles. The number of nitrogens with zero attached hydrogens (tertiary/aromatic N) is 2. The molecule has 1 aliphatic heterocycles. The molecule has 1 fully saturated rings. The second kappa shape index (κ2) is 4.49. The first-order valence-corrected chi connectivity index (χ1v) is 5.26. The summed E-state index contributed by atoms with van der Waals surface area (Å²) < 4.78 is 5.30. The van der Waals surface area contributed by atoms with E-state index in [2.05, 4.69) is 15.2 Å². The summed E-state index contributed by atoms with van der Waals surface area (Å²) in [6.07, 6.45) is 2.97. The maximum Gasteiger partial charge on any atom is 0.171 e. The number of rotatable bonds is 3. The van der Waals surface area contributed by atoms with Gasteiger partial charge in [0.15, 0.2) is 11.6 Å². The molecule has 0 radical (unpaired) electrons. The Kier molecular flexibility index (Phi) is 3.06. The minimum Gasteiger partial charge on any atom is -0.493 e. The molecule has 1 atom stereocenters. The highest BCUT2D eigenvalue weighted by Gasteiger charge is 2.23. The van der Waals surface area contributed by atoms with Gasteiger partial charge < -0.3 is 15.0 Å². The van der Waals surface area contributed by atoms with E-state index in [1.807, 2.05) is 25.4 Å². The first kappa shape index (κ1) is 10.2. The third-order valence-electron chi connectivity index (χ3n) is 2.87. The lowest BCUT2D eigenvalue weighted by atomic mass is 10.3. The van der Waals surface area contributed by atoms with Gasteiger partial charge in [0.05, 0.1) is 7.11 Å². The number of ether oxygens (including phenoxy) is 1. The molecular formula is C11H17N3O. The van der Waals surface area contributed by atoms with E-state index in [0.717, 1.165) is 31.1 Å². The number of hydrogen-bond donors (Lipinski definition) is 1. The highest BCUT2D eigenvalue weighted by Crippen LogP contribution is 2.27. The molecule has 1 aliphatic rings. The number of anilines is 1. The molecule has 0 amide bonds. The van der Waals surface area contributed by atoms with E-state index in [9.17, 15) is 0 Å². The van der Waals surface area contributed by atoms with Crippen LogP contribution >= 0.6 is 0 Å². The van der Waals surface area contributed by atoms with Gasteiger partial charge in [0.2, 0.25) is 0 Å². The molecule has 4 nitrogen and oxygen atoms in total. The molecule has 2 heterocycles. The summed E-state index contributed by atoms with van der Waals surface area (Å²) in [7, 11) is 3.69. The van der Waals surface area contributed by atoms with Gasteiger partial charge in [0, 0.05) is 25.3 Å². The minimum atomic E-state index is 0.566. The normalized spacial score (nSPS) is 20.7. The molecule has 0 saturated carbocycles. The summed E-state index contributed by atoms with van der Waals surface area (Å²) in [5.74, 6) is 1.81. The smallest absolute Gasteiger partial charge is 0.171 e. The average molecular weight is 207 g/mol. The molecule has 1 N–H and O–H groups in total. The van der Waals surface area contributed by atoms with Gasteiger partial charge >= 0.3 is 0 Å². The van der Waals surface area contributed by atoms with Crippen LogP contribution < -0.4 is 15.0 Å². The van der Waals surface area contributed by atoms with E-state index < -0.39 is 0 Å². The van der Waals surface area contributed by atoms with Crippen LogP contribution in [0.15, 0.2) is 18.3 Å². The summed E-state index contributed by atoms with van der Waals surface area (Å²) in [6.45, 7) is 2.04. The number of pyridine rings is 1. The third-order valence-corrected chi connectivity index (χ3v) is 2.87. The Morgan fingerprint density at radius 2 is 2.47 bits per heavy atom. The van der Waals surface area contributed by atoms with Crippen LogP contribution in [-0.4, -0.2) is 38.3 Å². The van der Waals surface area contributed by atoms with Crippen molar-refractivity contribution in [2.45, 2.75) is 12.5 Å². The fourth-order valence-corrected chi connectivity index (χ4v) is 1.97. The van der Waals surface area contributed by atoms with Crippen molar-refractivity contribution in [1.29, 1.82) is 0 Å². The maximum atomic E-state index is 5.30. The van der Waals surface area contributed by atoms with E-state index in [0.29, 0.717) is 6.04 Å². The number of likely N-dealkylation sites (N-methyl/N-ethyl adjacent to an activating group) is 1. The topological polar surface area (TPSA) is 37.4 Å². The van der Waals surface area contributed by atoms with Crippen LogP contribution in [0.25, 0.3) is 0 Å². The van der Waals surface area contributed by atoms with Crippen LogP contribution in [-0.2, 0) is 0 Å². The highest BCUT2D eigenvalue weighted by molar-refractivity contribution is 5.52. The largest absolute Gasteiger partial charge is 0.493 e. The zero-order valence-electron chi connectivity index (χ0n) is 9.23. The molecule has 4 heteroatoms. The lowest BCUT2D eigenvalue weighted by Crippen LogP contribution is -2.30. The van der Waals surface area contributed by atoms with Crippen molar-refractivity contribution in [2.75, 3.05) is 32.1 Å². The molecule has 2 rings (SSSR count). The first-order valence-electron chi connectivity index (χ1n) is 5.26. The van der Waals surface area contributed by atoms with Crippen molar-refractivity contribution in [3.8, 4) is 5.75 Å². The molecular weight excluding hydrogens is 190 g/mol. The van der Waals surface area contributed by atoms with Crippen LogP contribution in [0.5, 0.6) is 5.75 Å². The molecule has 1 aromatic rings. The summed E-state index contributed by atoms with van der Waals surface area (Å²) in [5.41, 5.74) is 0. The van der Waals surface area contributed by atoms with E-state index in [1.165, 1.54) is 0 Å². The predicted octanol–water partition coefficient (Wildman–Crippen LogP) is 0.888. The van der Waals surface area contributed by atoms with Crippen LogP contribution in [0, 0.1) is 0 Å². The van der Waals surface area contributed by atoms with Gasteiger partial charge in [0.25, 0.3) is 0 Å². The first-order chi connectivity index (χ1) is 7.35. The summed E-state index contributed by atoms with van der Waals surface area (Å²) >= 11 is 0. The van der Waals surface area contributed by atoms with Crippen molar-refractivity contribution in [1.82, 2.24) is 10.3 Å². The van der Waals surface area contributed by atoms with Crippen molar-refractivity contribution in [3.05, 3.63) is 18.3 Å². The van der Waals surface area contributed by atoms with E-state index in [1.54, 1.807) is 7.11 Å². The van der Waals surface area contributed by atoms with Gasteiger partial charge in [0.1, 0.15) is 0 Å². The lowest BCUT2D eigenvalue weighted by molar-refractivity contribution is 0.413. The quantitative estimate of drug-likeness (QED) is 0.798. The van der Waals surface area contributed by atoms with Crippen LogP contribution in [0.3, 0.4) is 0 Å². The molecule has 1 unspecified atom stereocenters. The zero-order valence-corrected chi connectivity index (χ0v) is 9.23. The summed E-state index contributed by atoms with van der Waals surface area (Å²) in [4.78, 5) is 6.64. The molecule has 82 valence electrons. The SMILES string of the molecule is CNC1CCN(c2ncccc2OC)C1.